The van der Waals surface area contributed by atoms with E-state index in [0.717, 1.165) is 46.5 Å². The van der Waals surface area contributed by atoms with E-state index in [1.54, 1.807) is 0 Å². The van der Waals surface area contributed by atoms with Crippen molar-refractivity contribution in [3.05, 3.63) is 70.8 Å². The van der Waals surface area contributed by atoms with Crippen molar-refractivity contribution in [1.82, 2.24) is 0 Å². The highest BCUT2D eigenvalue weighted by molar-refractivity contribution is 7.81. The average molecular weight is 365 g/mol. The topological polar surface area (TPSA) is 41.1 Å². The minimum absolute atomic E-state index is 0.164. The average Bonchev–Trinajstić information content (AvgIpc) is 2.66. The largest absolute Gasteiger partial charge is 0.388 e. The van der Waals surface area contributed by atoms with Gasteiger partial charge in [0.05, 0.1) is 0 Å². The van der Waals surface area contributed by atoms with Crippen molar-refractivity contribution >= 4 is 42.1 Å². The van der Waals surface area contributed by atoms with Crippen LogP contribution in [0.25, 0.3) is 12.2 Å². The molecule has 1 aliphatic carbocycles. The fourth-order valence-corrected chi connectivity index (χ4v) is 3.41. The molecule has 0 amide bonds. The molecule has 1 unspecified atom stereocenters. The lowest BCUT2D eigenvalue weighted by molar-refractivity contribution is -0.113. The van der Waals surface area contributed by atoms with E-state index >= 15 is 0 Å². The molecule has 4 heteroatoms. The monoisotopic (exact) mass is 364 g/mol. The maximum Gasteiger partial charge on any atom is 0.185 e. The minimum Gasteiger partial charge on any atom is -0.388 e. The summed E-state index contributed by atoms with van der Waals surface area (Å²) in [7, 11) is 1.90. The van der Waals surface area contributed by atoms with E-state index in [-0.39, 0.29) is 5.78 Å². The number of carbonyl (C=O) groups excluding carboxylic acids is 1. The number of thiol groups is 1. The number of anilines is 2. The van der Waals surface area contributed by atoms with E-state index in [1.807, 2.05) is 67.7 Å². The number of rotatable bonds is 4. The van der Waals surface area contributed by atoms with E-state index in [1.165, 1.54) is 0 Å². The zero-order valence-corrected chi connectivity index (χ0v) is 16.0. The summed E-state index contributed by atoms with van der Waals surface area (Å²) in [5.41, 5.74) is 5.87. The summed E-state index contributed by atoms with van der Waals surface area (Å²) in [5, 5.41) is 3.11. The van der Waals surface area contributed by atoms with E-state index in [9.17, 15) is 4.79 Å². The van der Waals surface area contributed by atoms with Gasteiger partial charge in [0.25, 0.3) is 0 Å². The second-order valence-corrected chi connectivity index (χ2v) is 7.01. The van der Waals surface area contributed by atoms with Crippen molar-refractivity contribution < 1.29 is 4.79 Å². The summed E-state index contributed by atoms with van der Waals surface area (Å²) in [5.74, 6) is 0.623. The number of hydrogen-bond donors (Lipinski definition) is 3. The highest BCUT2D eigenvalue weighted by atomic mass is 32.1. The summed E-state index contributed by atoms with van der Waals surface area (Å²) in [6, 6.07) is 16.0. The molecule has 1 fully saturated rings. The first-order chi connectivity index (χ1) is 12.6. The van der Waals surface area contributed by atoms with Gasteiger partial charge in [0.1, 0.15) is 0 Å². The zero-order chi connectivity index (χ0) is 18.5. The Balaban J connectivity index is 1.86. The van der Waals surface area contributed by atoms with E-state index < -0.39 is 0 Å². The van der Waals surface area contributed by atoms with Crippen molar-refractivity contribution in [2.45, 2.75) is 19.8 Å². The van der Waals surface area contributed by atoms with Crippen molar-refractivity contribution in [2.75, 3.05) is 17.1 Å². The van der Waals surface area contributed by atoms with Crippen LogP contribution < -0.4 is 10.0 Å². The molecular weight excluding hydrogens is 340 g/mol. The second kappa shape index (κ2) is 8.28. The van der Waals surface area contributed by atoms with Gasteiger partial charge in [-0.05, 0) is 66.3 Å². The van der Waals surface area contributed by atoms with Gasteiger partial charge >= 0.3 is 0 Å². The zero-order valence-electron chi connectivity index (χ0n) is 15.1. The lowest BCUT2D eigenvalue weighted by Gasteiger charge is -2.22. The first-order valence-electron chi connectivity index (χ1n) is 8.83. The van der Waals surface area contributed by atoms with Crippen LogP contribution in [0.3, 0.4) is 0 Å². The summed E-state index contributed by atoms with van der Waals surface area (Å²) in [6.45, 7) is 2.20. The highest BCUT2D eigenvalue weighted by Crippen LogP contribution is 2.32. The fourth-order valence-electron chi connectivity index (χ4n) is 3.27. The molecule has 26 heavy (non-hydrogen) atoms. The van der Waals surface area contributed by atoms with Gasteiger partial charge in [-0.2, -0.15) is 0 Å². The lowest BCUT2D eigenvalue weighted by atomic mass is 9.81. The third-order valence-electron chi connectivity index (χ3n) is 4.64. The molecule has 0 heterocycles. The molecule has 0 radical (unpaired) electrons. The summed E-state index contributed by atoms with van der Waals surface area (Å²) < 4.78 is 2.81. The van der Waals surface area contributed by atoms with Crippen LogP contribution in [0.2, 0.25) is 0 Å². The van der Waals surface area contributed by atoms with Gasteiger partial charge in [-0.25, -0.2) is 0 Å². The van der Waals surface area contributed by atoms with Gasteiger partial charge in [0.2, 0.25) is 0 Å². The Morgan fingerprint density at radius 1 is 0.885 bits per heavy atom. The molecule has 2 N–H and O–H groups in total. The SMILES string of the molecule is CNc1ccc(/C=C2\CC(C)C/C(=C\c3ccc(NS)cc3)C2=O)cc1. The van der Waals surface area contributed by atoms with E-state index in [4.69, 9.17) is 0 Å². The molecule has 3 rings (SSSR count). The normalized spacial score (nSPS) is 20.4. The van der Waals surface area contributed by atoms with Gasteiger partial charge < -0.3 is 10.0 Å². The second-order valence-electron chi connectivity index (χ2n) is 6.79. The molecule has 3 nitrogen and oxygen atoms in total. The molecule has 2 aromatic carbocycles. The maximum atomic E-state index is 13.0. The quantitative estimate of drug-likeness (QED) is 0.499. The molecule has 1 saturated carbocycles. The number of hydrogen-bond acceptors (Lipinski definition) is 4. The molecule has 0 aromatic heterocycles. The molecule has 0 bridgehead atoms. The molecule has 1 atom stereocenters. The number of Topliss-reactive ketones (excluding diaryl/α,β-unsaturated/α-hetero) is 1. The Labute approximate surface area is 160 Å². The Morgan fingerprint density at radius 3 is 1.77 bits per heavy atom. The van der Waals surface area contributed by atoms with Gasteiger partial charge in [-0.15, -0.1) is 0 Å². The van der Waals surface area contributed by atoms with Crippen LogP contribution in [0, 0.1) is 5.92 Å². The number of benzene rings is 2. The lowest BCUT2D eigenvalue weighted by Crippen LogP contribution is -2.18. The van der Waals surface area contributed by atoms with Crippen LogP contribution in [0.5, 0.6) is 0 Å². The third-order valence-corrected chi connectivity index (χ3v) is 4.90. The Hall–Kier alpha value is -2.46. The van der Waals surface area contributed by atoms with Crippen LogP contribution in [-0.4, -0.2) is 12.8 Å². The molecule has 2 aromatic rings. The smallest absolute Gasteiger partial charge is 0.185 e. The van der Waals surface area contributed by atoms with Crippen LogP contribution in [-0.2, 0) is 4.79 Å². The number of nitrogens with one attached hydrogen (secondary N) is 2. The Bertz CT molecular complexity index is 766. The van der Waals surface area contributed by atoms with Gasteiger partial charge in [0, 0.05) is 29.6 Å². The predicted octanol–water partition coefficient (Wildman–Crippen LogP) is 5.45. The minimum atomic E-state index is 0.164. The van der Waals surface area contributed by atoms with E-state index in [2.05, 4.69) is 29.8 Å². The molecule has 0 saturated heterocycles. The third kappa shape index (κ3) is 4.38. The van der Waals surface area contributed by atoms with E-state index in [0.29, 0.717) is 5.92 Å². The molecule has 134 valence electrons. The first kappa shape index (κ1) is 18.3. The van der Waals surface area contributed by atoms with Crippen molar-refractivity contribution in [2.24, 2.45) is 5.92 Å². The number of allylic oxidation sites excluding steroid dienone is 2. The Kier molecular flexibility index (Phi) is 5.84. The van der Waals surface area contributed by atoms with Crippen molar-refractivity contribution in [3.8, 4) is 0 Å². The molecule has 0 aliphatic heterocycles. The van der Waals surface area contributed by atoms with Gasteiger partial charge in [-0.1, -0.05) is 44.0 Å². The number of ketones is 1. The summed E-state index contributed by atoms with van der Waals surface area (Å²) in [6.07, 6.45) is 5.69. The number of carbonyl (C=O) groups is 1. The van der Waals surface area contributed by atoms with Crippen LogP contribution in [0.1, 0.15) is 30.9 Å². The summed E-state index contributed by atoms with van der Waals surface area (Å²) >= 11 is 4.04. The maximum absolute atomic E-state index is 13.0. The molecular formula is C22H24N2OS. The summed E-state index contributed by atoms with van der Waals surface area (Å²) in [4.78, 5) is 13.0. The van der Waals surface area contributed by atoms with Crippen LogP contribution >= 0.6 is 12.8 Å². The Morgan fingerprint density at radius 2 is 1.35 bits per heavy atom. The highest BCUT2D eigenvalue weighted by Gasteiger charge is 2.25. The van der Waals surface area contributed by atoms with Crippen molar-refractivity contribution in [1.29, 1.82) is 0 Å². The fraction of sp³-hybridized carbons (Fsp3) is 0.227. The van der Waals surface area contributed by atoms with Crippen LogP contribution in [0.15, 0.2) is 59.7 Å². The molecule has 1 aliphatic rings. The van der Waals surface area contributed by atoms with Gasteiger partial charge in [-0.3, -0.25) is 4.79 Å². The predicted molar refractivity (Wildman–Crippen MR) is 114 cm³/mol. The van der Waals surface area contributed by atoms with Crippen molar-refractivity contribution in [3.63, 3.8) is 0 Å². The standard InChI is InChI=1S/C22H24N2OS/c1-15-11-18(13-16-3-7-20(23-2)8-4-16)22(25)19(12-15)14-17-5-9-21(24-26)10-6-17/h3-10,13-15,23-24,26H,11-12H2,1-2H3/b18-13+,19-14+. The first-order valence-corrected chi connectivity index (χ1v) is 9.27. The van der Waals surface area contributed by atoms with Gasteiger partial charge in [0.15, 0.2) is 5.78 Å². The van der Waals surface area contributed by atoms with Crippen LogP contribution in [0.4, 0.5) is 11.4 Å². The molecule has 0 spiro atoms.